The van der Waals surface area contributed by atoms with E-state index in [9.17, 15) is 25.2 Å². The van der Waals surface area contributed by atoms with Crippen molar-refractivity contribution in [3.05, 3.63) is 64.3 Å². The van der Waals surface area contributed by atoms with Crippen LogP contribution in [-0.4, -0.2) is 46.9 Å². The molecule has 1 aromatic heterocycles. The SMILES string of the molecule is CCCCCOc1cc(O)c2c(=O)c(O)c(-c3ccc4c(c3)OC(c3ccc(O)c(OC)c3)C(CO)O4)oc2c1. The third-order valence-electron chi connectivity index (χ3n) is 6.73. The first-order valence-electron chi connectivity index (χ1n) is 13.0. The first-order chi connectivity index (χ1) is 19.3. The van der Waals surface area contributed by atoms with Crippen LogP contribution in [-0.2, 0) is 0 Å². The Morgan fingerprint density at radius 3 is 2.50 bits per heavy atom. The molecule has 2 atom stereocenters. The minimum atomic E-state index is -0.796. The van der Waals surface area contributed by atoms with Crippen molar-refractivity contribution in [1.29, 1.82) is 0 Å². The smallest absolute Gasteiger partial charge is 0.238 e. The molecule has 0 saturated carbocycles. The van der Waals surface area contributed by atoms with Gasteiger partial charge in [-0.2, -0.15) is 0 Å². The number of rotatable bonds is 9. The van der Waals surface area contributed by atoms with Gasteiger partial charge in [-0.3, -0.25) is 4.79 Å². The summed E-state index contributed by atoms with van der Waals surface area (Å²) in [5.41, 5.74) is 0.159. The molecule has 0 fully saturated rings. The molecule has 0 radical (unpaired) electrons. The first-order valence-corrected chi connectivity index (χ1v) is 13.0. The molecule has 4 aromatic rings. The largest absolute Gasteiger partial charge is 0.507 e. The molecule has 10 heteroatoms. The third-order valence-corrected chi connectivity index (χ3v) is 6.73. The van der Waals surface area contributed by atoms with Crippen LogP contribution in [0.25, 0.3) is 22.3 Å². The molecule has 2 unspecified atom stereocenters. The lowest BCUT2D eigenvalue weighted by molar-refractivity contribution is -0.0123. The fraction of sp³-hybridized carbons (Fsp3) is 0.300. The number of hydrogen-bond acceptors (Lipinski definition) is 10. The van der Waals surface area contributed by atoms with E-state index in [1.165, 1.54) is 25.3 Å². The average molecular weight is 551 g/mol. The highest BCUT2D eigenvalue weighted by Crippen LogP contribution is 2.44. The van der Waals surface area contributed by atoms with E-state index in [1.807, 2.05) is 0 Å². The molecule has 0 aliphatic carbocycles. The van der Waals surface area contributed by atoms with Crippen molar-refractivity contribution in [3.63, 3.8) is 0 Å². The van der Waals surface area contributed by atoms with Crippen LogP contribution in [0.3, 0.4) is 0 Å². The minimum absolute atomic E-state index is 0.0476. The molecular formula is C30H30O10. The number of aliphatic hydroxyl groups excluding tert-OH is 1. The van der Waals surface area contributed by atoms with Gasteiger partial charge in [-0.25, -0.2) is 0 Å². The number of aromatic hydroxyl groups is 3. The Hall–Kier alpha value is -4.57. The fourth-order valence-electron chi connectivity index (χ4n) is 4.65. The molecular weight excluding hydrogens is 520 g/mol. The van der Waals surface area contributed by atoms with Crippen molar-refractivity contribution in [3.8, 4) is 51.6 Å². The van der Waals surface area contributed by atoms with Crippen LogP contribution < -0.4 is 24.4 Å². The average Bonchev–Trinajstić information content (AvgIpc) is 2.96. The van der Waals surface area contributed by atoms with Crippen molar-refractivity contribution in [2.75, 3.05) is 20.3 Å². The zero-order valence-electron chi connectivity index (χ0n) is 22.0. The Balaban J connectivity index is 1.52. The van der Waals surface area contributed by atoms with E-state index in [0.717, 1.165) is 19.3 Å². The van der Waals surface area contributed by atoms with E-state index in [1.54, 1.807) is 30.3 Å². The first kappa shape index (κ1) is 27.0. The standard InChI is InChI=1S/C30H30O10/c1-3-4-5-10-37-18-13-20(33)26-24(14-18)40-30(28(35)27(26)34)17-7-9-21-23(12-17)39-29(25(15-31)38-21)16-6-8-19(32)22(11-16)36-2/h6-9,11-14,25,29,31-33,35H,3-5,10,15H2,1-2H3. The number of fused-ring (bicyclic) bond motifs is 2. The van der Waals surface area contributed by atoms with Crippen LogP contribution in [0.4, 0.5) is 0 Å². The van der Waals surface area contributed by atoms with Gasteiger partial charge in [0.2, 0.25) is 11.2 Å². The second-order valence-corrected chi connectivity index (χ2v) is 9.45. The molecule has 40 heavy (non-hydrogen) atoms. The lowest BCUT2D eigenvalue weighted by Gasteiger charge is -2.33. The summed E-state index contributed by atoms with van der Waals surface area (Å²) >= 11 is 0. The van der Waals surface area contributed by atoms with Crippen LogP contribution in [0, 0.1) is 0 Å². The topological polar surface area (TPSA) is 148 Å². The Kier molecular flexibility index (Phi) is 7.61. The Labute approximate surface area is 229 Å². The van der Waals surface area contributed by atoms with Gasteiger partial charge in [0, 0.05) is 23.3 Å². The number of aliphatic hydroxyl groups is 1. The maximum Gasteiger partial charge on any atom is 0.238 e. The Morgan fingerprint density at radius 2 is 1.75 bits per heavy atom. The molecule has 10 nitrogen and oxygen atoms in total. The summed E-state index contributed by atoms with van der Waals surface area (Å²) in [5.74, 6) is -0.0215. The van der Waals surface area contributed by atoms with Gasteiger partial charge in [0.15, 0.2) is 41.0 Å². The van der Waals surface area contributed by atoms with Gasteiger partial charge < -0.3 is 43.8 Å². The second kappa shape index (κ2) is 11.3. The summed E-state index contributed by atoms with van der Waals surface area (Å²) in [6.07, 6.45) is 1.36. The molecule has 3 aromatic carbocycles. The van der Waals surface area contributed by atoms with E-state index in [0.29, 0.717) is 29.2 Å². The van der Waals surface area contributed by atoms with Crippen molar-refractivity contribution in [1.82, 2.24) is 0 Å². The molecule has 0 saturated heterocycles. The zero-order chi connectivity index (χ0) is 28.4. The zero-order valence-corrected chi connectivity index (χ0v) is 22.0. The fourth-order valence-corrected chi connectivity index (χ4v) is 4.65. The maximum absolute atomic E-state index is 13.0. The van der Waals surface area contributed by atoms with E-state index >= 15 is 0 Å². The van der Waals surface area contributed by atoms with Crippen LogP contribution >= 0.6 is 0 Å². The van der Waals surface area contributed by atoms with Gasteiger partial charge in [-0.1, -0.05) is 25.8 Å². The quantitative estimate of drug-likeness (QED) is 0.209. The number of methoxy groups -OCH3 is 1. The van der Waals surface area contributed by atoms with Crippen LogP contribution in [0.15, 0.2) is 57.7 Å². The van der Waals surface area contributed by atoms with Gasteiger partial charge in [0.25, 0.3) is 0 Å². The lowest BCUT2D eigenvalue weighted by atomic mass is 10.0. The molecule has 5 rings (SSSR count). The molecule has 1 aliphatic heterocycles. The Bertz CT molecular complexity index is 1590. The lowest BCUT2D eigenvalue weighted by Crippen LogP contribution is -2.36. The van der Waals surface area contributed by atoms with E-state index in [4.69, 9.17) is 23.4 Å². The van der Waals surface area contributed by atoms with Gasteiger partial charge in [-0.15, -0.1) is 0 Å². The van der Waals surface area contributed by atoms with Crippen LogP contribution in [0.2, 0.25) is 0 Å². The van der Waals surface area contributed by atoms with Crippen molar-refractivity contribution in [2.24, 2.45) is 0 Å². The summed E-state index contributed by atoms with van der Waals surface area (Å²) < 4.78 is 29.0. The van der Waals surface area contributed by atoms with E-state index in [-0.39, 0.29) is 46.3 Å². The molecule has 2 heterocycles. The number of unbranched alkanes of at least 4 members (excludes halogenated alkanes) is 2. The molecule has 0 amide bonds. The number of phenolic OH excluding ortho intramolecular Hbond substituents is 2. The van der Waals surface area contributed by atoms with Gasteiger partial charge in [0.1, 0.15) is 22.5 Å². The summed E-state index contributed by atoms with van der Waals surface area (Å²) in [4.78, 5) is 13.0. The van der Waals surface area contributed by atoms with Gasteiger partial charge in [0.05, 0.1) is 20.3 Å². The highest BCUT2D eigenvalue weighted by molar-refractivity contribution is 5.88. The molecule has 4 N–H and O–H groups in total. The van der Waals surface area contributed by atoms with E-state index < -0.39 is 23.4 Å². The highest BCUT2D eigenvalue weighted by Gasteiger charge is 2.34. The molecule has 1 aliphatic rings. The molecule has 0 spiro atoms. The molecule has 210 valence electrons. The second-order valence-electron chi connectivity index (χ2n) is 9.45. The summed E-state index contributed by atoms with van der Waals surface area (Å²) in [7, 11) is 1.42. The van der Waals surface area contributed by atoms with Crippen molar-refractivity contribution in [2.45, 2.75) is 38.4 Å². The van der Waals surface area contributed by atoms with Crippen molar-refractivity contribution >= 4 is 11.0 Å². The summed E-state index contributed by atoms with van der Waals surface area (Å²) in [5, 5.41) is 41.0. The summed E-state index contributed by atoms with van der Waals surface area (Å²) in [6.45, 7) is 2.18. The monoisotopic (exact) mass is 550 g/mol. The summed E-state index contributed by atoms with van der Waals surface area (Å²) in [6, 6.07) is 12.2. The molecule has 0 bridgehead atoms. The van der Waals surface area contributed by atoms with Crippen LogP contribution in [0.5, 0.6) is 40.2 Å². The Morgan fingerprint density at radius 1 is 0.925 bits per heavy atom. The van der Waals surface area contributed by atoms with Crippen LogP contribution in [0.1, 0.15) is 37.9 Å². The number of ether oxygens (including phenoxy) is 4. The van der Waals surface area contributed by atoms with Gasteiger partial charge in [-0.05, 0) is 36.8 Å². The maximum atomic E-state index is 13.0. The highest BCUT2D eigenvalue weighted by atomic mass is 16.6. The van der Waals surface area contributed by atoms with Crippen molar-refractivity contribution < 1.29 is 43.8 Å². The predicted octanol–water partition coefficient (Wildman–Crippen LogP) is 5.03. The number of phenols is 2. The normalized spacial score (nSPS) is 16.2. The minimum Gasteiger partial charge on any atom is -0.507 e. The number of benzene rings is 3. The number of hydrogen-bond donors (Lipinski definition) is 4. The van der Waals surface area contributed by atoms with Gasteiger partial charge >= 0.3 is 0 Å². The third kappa shape index (κ3) is 5.05. The predicted molar refractivity (Wildman–Crippen MR) is 146 cm³/mol. The van der Waals surface area contributed by atoms with E-state index in [2.05, 4.69) is 6.92 Å².